The van der Waals surface area contributed by atoms with Crippen molar-refractivity contribution in [3.05, 3.63) is 68.9 Å². The number of imidazole rings is 1. The molecule has 4 rings (SSSR count). The number of hydrogen-bond acceptors (Lipinski definition) is 5. The number of nitrogen functional groups attached to an aromatic ring is 1. The first-order chi connectivity index (χ1) is 14.4. The van der Waals surface area contributed by atoms with Gasteiger partial charge in [0.05, 0.1) is 23.8 Å². The Morgan fingerprint density at radius 2 is 2.13 bits per heavy atom. The quantitative estimate of drug-likeness (QED) is 0.389. The summed E-state index contributed by atoms with van der Waals surface area (Å²) >= 11 is 6.37. The highest BCUT2D eigenvalue weighted by atomic mass is 35.5. The Hall–Kier alpha value is -3.57. The maximum atomic E-state index is 12.3. The average Bonchev–Trinajstić information content (AvgIpc) is 3.34. The second-order valence-corrected chi connectivity index (χ2v) is 7.36. The maximum Gasteiger partial charge on any atom is 0.223 e. The third-order valence-electron chi connectivity index (χ3n) is 4.91. The van der Waals surface area contributed by atoms with Crippen LogP contribution in [0, 0.1) is 25.7 Å². The van der Waals surface area contributed by atoms with Crippen LogP contribution in [-0.4, -0.2) is 29.1 Å². The molecule has 4 aromatic rings. The SMILES string of the molecule is Cc1c[nH]c(Cn2cc(C#CCCn3ccnc3)c3c(Cl)nc(N)nc32)c(C)c1=O. The van der Waals surface area contributed by atoms with Crippen LogP contribution in [-0.2, 0) is 13.1 Å². The second-order valence-electron chi connectivity index (χ2n) is 7.00. The summed E-state index contributed by atoms with van der Waals surface area (Å²) in [6, 6.07) is 0. The minimum atomic E-state index is 0.0203. The molecule has 0 amide bonds. The van der Waals surface area contributed by atoms with E-state index in [1.807, 2.05) is 21.5 Å². The Labute approximate surface area is 177 Å². The highest BCUT2D eigenvalue weighted by molar-refractivity contribution is 6.34. The highest BCUT2D eigenvalue weighted by Crippen LogP contribution is 2.27. The van der Waals surface area contributed by atoms with Gasteiger partial charge < -0.3 is 19.9 Å². The van der Waals surface area contributed by atoms with Crippen LogP contribution in [0.15, 0.2) is 35.9 Å². The molecule has 0 saturated carbocycles. The van der Waals surface area contributed by atoms with Gasteiger partial charge in [-0.05, 0) is 13.8 Å². The van der Waals surface area contributed by atoms with Crippen LogP contribution in [0.1, 0.15) is 28.8 Å². The van der Waals surface area contributed by atoms with E-state index >= 15 is 0 Å². The number of aromatic amines is 1. The van der Waals surface area contributed by atoms with E-state index < -0.39 is 0 Å². The van der Waals surface area contributed by atoms with Crippen LogP contribution in [0.3, 0.4) is 0 Å². The van der Waals surface area contributed by atoms with Crippen molar-refractivity contribution in [2.24, 2.45) is 0 Å². The Morgan fingerprint density at radius 3 is 2.90 bits per heavy atom. The third kappa shape index (κ3) is 3.80. The number of pyridine rings is 1. The van der Waals surface area contributed by atoms with Crippen molar-refractivity contribution >= 4 is 28.6 Å². The summed E-state index contributed by atoms with van der Waals surface area (Å²) in [6.45, 7) is 4.74. The second kappa shape index (κ2) is 8.05. The number of halogens is 1. The molecule has 0 radical (unpaired) electrons. The number of aromatic nitrogens is 6. The molecule has 0 aliphatic heterocycles. The van der Waals surface area contributed by atoms with Crippen LogP contribution in [0.2, 0.25) is 5.15 Å². The number of rotatable bonds is 4. The molecule has 0 atom stereocenters. The van der Waals surface area contributed by atoms with Crippen molar-refractivity contribution in [3.63, 3.8) is 0 Å². The molecule has 9 heteroatoms. The van der Waals surface area contributed by atoms with Gasteiger partial charge in [0.15, 0.2) is 5.43 Å². The lowest BCUT2D eigenvalue weighted by Gasteiger charge is -2.09. The topological polar surface area (TPSA) is 107 Å². The van der Waals surface area contributed by atoms with E-state index in [2.05, 4.69) is 31.8 Å². The van der Waals surface area contributed by atoms with Gasteiger partial charge in [0.25, 0.3) is 0 Å². The molecule has 0 saturated heterocycles. The standard InChI is InChI=1S/C21H20ClN7O/c1-13-9-25-16(14(2)18(13)30)11-29-10-15(5-3-4-7-28-8-6-24-12-28)17-19(22)26-21(23)27-20(17)29/h6,8-10,12H,4,7,11H2,1-2H3,(H,25,30)(H2,23,26,27). The smallest absolute Gasteiger partial charge is 0.223 e. The third-order valence-corrected chi connectivity index (χ3v) is 5.18. The predicted octanol–water partition coefficient (Wildman–Crippen LogP) is 2.66. The zero-order valence-corrected chi connectivity index (χ0v) is 17.4. The molecule has 0 unspecified atom stereocenters. The summed E-state index contributed by atoms with van der Waals surface area (Å²) in [5, 5.41) is 0.900. The Morgan fingerprint density at radius 1 is 1.30 bits per heavy atom. The Kier molecular flexibility index (Phi) is 5.29. The highest BCUT2D eigenvalue weighted by Gasteiger charge is 2.16. The summed E-state index contributed by atoms with van der Waals surface area (Å²) in [5.41, 5.74) is 9.26. The molecular weight excluding hydrogens is 402 g/mol. The lowest BCUT2D eigenvalue weighted by Crippen LogP contribution is -2.15. The number of nitrogens with zero attached hydrogens (tertiary/aromatic N) is 5. The van der Waals surface area contributed by atoms with Gasteiger partial charge in [0.1, 0.15) is 10.8 Å². The van der Waals surface area contributed by atoms with Crippen molar-refractivity contribution in [3.8, 4) is 11.8 Å². The molecule has 3 N–H and O–H groups in total. The molecule has 0 aromatic carbocycles. The molecule has 0 spiro atoms. The molecule has 152 valence electrons. The van der Waals surface area contributed by atoms with Crippen LogP contribution in [0.5, 0.6) is 0 Å². The van der Waals surface area contributed by atoms with Crippen molar-refractivity contribution < 1.29 is 0 Å². The molecular formula is C21H20ClN7O. The predicted molar refractivity (Wildman–Crippen MR) is 116 cm³/mol. The van der Waals surface area contributed by atoms with Crippen LogP contribution >= 0.6 is 11.6 Å². The number of nitrogens with one attached hydrogen (secondary N) is 1. The number of H-pyrrole nitrogens is 1. The summed E-state index contributed by atoms with van der Waals surface area (Å²) in [6.07, 6.45) is 9.62. The van der Waals surface area contributed by atoms with E-state index in [1.165, 1.54) is 0 Å². The lowest BCUT2D eigenvalue weighted by atomic mass is 10.1. The molecule has 4 aromatic heterocycles. The van der Waals surface area contributed by atoms with Crippen molar-refractivity contribution in [1.29, 1.82) is 0 Å². The lowest BCUT2D eigenvalue weighted by molar-refractivity contribution is 0.718. The fourth-order valence-corrected chi connectivity index (χ4v) is 3.55. The van der Waals surface area contributed by atoms with E-state index in [9.17, 15) is 4.79 Å². The van der Waals surface area contributed by atoms with Gasteiger partial charge >= 0.3 is 0 Å². The molecule has 0 aliphatic rings. The van der Waals surface area contributed by atoms with E-state index in [1.54, 1.807) is 32.6 Å². The molecule has 4 heterocycles. The molecule has 30 heavy (non-hydrogen) atoms. The van der Waals surface area contributed by atoms with Gasteiger partial charge in [-0.1, -0.05) is 23.4 Å². The van der Waals surface area contributed by atoms with Gasteiger partial charge in [0, 0.05) is 54.6 Å². The summed E-state index contributed by atoms with van der Waals surface area (Å²) in [7, 11) is 0. The first-order valence-electron chi connectivity index (χ1n) is 9.38. The number of hydrogen-bond donors (Lipinski definition) is 2. The Balaban J connectivity index is 1.72. The fraction of sp³-hybridized carbons (Fsp3) is 0.238. The fourth-order valence-electron chi connectivity index (χ4n) is 3.27. The Bertz CT molecular complexity index is 1340. The van der Waals surface area contributed by atoms with Gasteiger partial charge in [-0.2, -0.15) is 4.98 Å². The average molecular weight is 422 g/mol. The maximum absolute atomic E-state index is 12.3. The number of fused-ring (bicyclic) bond motifs is 1. The minimum absolute atomic E-state index is 0.0203. The number of aryl methyl sites for hydroxylation is 2. The first kappa shape index (κ1) is 19.7. The van der Waals surface area contributed by atoms with Crippen molar-refractivity contribution in [2.45, 2.75) is 33.4 Å². The van der Waals surface area contributed by atoms with E-state index in [0.717, 1.165) is 12.2 Å². The summed E-state index contributed by atoms with van der Waals surface area (Å²) < 4.78 is 3.85. The van der Waals surface area contributed by atoms with Gasteiger partial charge in [-0.15, -0.1) is 0 Å². The number of anilines is 1. The molecule has 8 nitrogen and oxygen atoms in total. The van der Waals surface area contributed by atoms with Gasteiger partial charge in [-0.3, -0.25) is 4.79 Å². The van der Waals surface area contributed by atoms with Gasteiger partial charge in [0.2, 0.25) is 5.95 Å². The van der Waals surface area contributed by atoms with Crippen molar-refractivity contribution in [1.82, 2.24) is 29.1 Å². The van der Waals surface area contributed by atoms with Crippen LogP contribution in [0.25, 0.3) is 11.0 Å². The monoisotopic (exact) mass is 421 g/mol. The van der Waals surface area contributed by atoms with E-state index in [4.69, 9.17) is 17.3 Å². The summed E-state index contributed by atoms with van der Waals surface area (Å²) in [5.74, 6) is 6.42. The number of nitrogens with two attached hydrogens (primary N) is 1. The zero-order valence-electron chi connectivity index (χ0n) is 16.6. The van der Waals surface area contributed by atoms with E-state index in [-0.39, 0.29) is 16.5 Å². The minimum Gasteiger partial charge on any atom is -0.368 e. The molecule has 0 bridgehead atoms. The normalized spacial score (nSPS) is 10.9. The van der Waals surface area contributed by atoms with Crippen LogP contribution < -0.4 is 11.2 Å². The van der Waals surface area contributed by atoms with Gasteiger partial charge in [-0.25, -0.2) is 9.97 Å². The van der Waals surface area contributed by atoms with E-state index in [0.29, 0.717) is 40.7 Å². The molecule has 0 fully saturated rings. The first-order valence-corrected chi connectivity index (χ1v) is 9.76. The summed E-state index contributed by atoms with van der Waals surface area (Å²) in [4.78, 5) is 28.0. The van der Waals surface area contributed by atoms with Crippen molar-refractivity contribution in [2.75, 3.05) is 5.73 Å². The zero-order chi connectivity index (χ0) is 21.3. The molecule has 0 aliphatic carbocycles. The largest absolute Gasteiger partial charge is 0.368 e. The van der Waals surface area contributed by atoms with Crippen LogP contribution in [0.4, 0.5) is 5.95 Å².